The SMILES string of the molecule is NCc1nccnc1Oc1ccc(F)cc1F. The monoisotopic (exact) mass is 237 g/mol. The normalized spacial score (nSPS) is 10.3. The van der Waals surface area contributed by atoms with E-state index in [4.69, 9.17) is 10.5 Å². The van der Waals surface area contributed by atoms with Crippen LogP contribution in [0.4, 0.5) is 8.78 Å². The van der Waals surface area contributed by atoms with Gasteiger partial charge in [0.2, 0.25) is 5.88 Å². The quantitative estimate of drug-likeness (QED) is 0.886. The van der Waals surface area contributed by atoms with Crippen LogP contribution in [0.2, 0.25) is 0 Å². The van der Waals surface area contributed by atoms with Crippen LogP contribution in [0.25, 0.3) is 0 Å². The minimum Gasteiger partial charge on any atom is -0.434 e. The zero-order chi connectivity index (χ0) is 12.3. The van der Waals surface area contributed by atoms with Gasteiger partial charge in [0.25, 0.3) is 0 Å². The highest BCUT2D eigenvalue weighted by Crippen LogP contribution is 2.24. The van der Waals surface area contributed by atoms with Crippen molar-refractivity contribution < 1.29 is 13.5 Å². The lowest BCUT2D eigenvalue weighted by atomic mass is 10.3. The summed E-state index contributed by atoms with van der Waals surface area (Å²) in [7, 11) is 0. The standard InChI is InChI=1S/C11H9F2N3O/c12-7-1-2-10(8(13)5-7)17-11-9(6-14)15-3-4-16-11/h1-5H,6,14H2. The fourth-order valence-electron chi connectivity index (χ4n) is 1.24. The van der Waals surface area contributed by atoms with Crippen molar-refractivity contribution in [3.63, 3.8) is 0 Å². The second-order valence-electron chi connectivity index (χ2n) is 3.19. The Morgan fingerprint density at radius 2 is 1.94 bits per heavy atom. The van der Waals surface area contributed by atoms with Crippen LogP contribution in [-0.2, 0) is 6.54 Å². The molecule has 0 unspecified atom stereocenters. The van der Waals surface area contributed by atoms with Crippen molar-refractivity contribution in [3.8, 4) is 11.6 Å². The third kappa shape index (κ3) is 2.54. The van der Waals surface area contributed by atoms with E-state index in [0.717, 1.165) is 12.1 Å². The largest absolute Gasteiger partial charge is 0.434 e. The molecule has 2 rings (SSSR count). The predicted molar refractivity (Wildman–Crippen MR) is 56.4 cm³/mol. The van der Waals surface area contributed by atoms with Crippen molar-refractivity contribution in [2.75, 3.05) is 0 Å². The van der Waals surface area contributed by atoms with Gasteiger partial charge in [0.05, 0.1) is 0 Å². The molecule has 0 spiro atoms. The minimum atomic E-state index is -0.807. The highest BCUT2D eigenvalue weighted by atomic mass is 19.1. The number of nitrogens with two attached hydrogens (primary N) is 1. The molecule has 0 atom stereocenters. The lowest BCUT2D eigenvalue weighted by molar-refractivity contribution is 0.416. The first kappa shape index (κ1) is 11.4. The van der Waals surface area contributed by atoms with Crippen molar-refractivity contribution in [2.24, 2.45) is 5.73 Å². The predicted octanol–water partition coefficient (Wildman–Crippen LogP) is 2.01. The Balaban J connectivity index is 2.31. The molecule has 88 valence electrons. The third-order valence-corrected chi connectivity index (χ3v) is 2.03. The zero-order valence-corrected chi connectivity index (χ0v) is 8.73. The molecular weight excluding hydrogens is 228 g/mol. The summed E-state index contributed by atoms with van der Waals surface area (Å²) in [5, 5.41) is 0. The number of ether oxygens (including phenoxy) is 1. The maximum Gasteiger partial charge on any atom is 0.242 e. The third-order valence-electron chi connectivity index (χ3n) is 2.03. The van der Waals surface area contributed by atoms with Crippen LogP contribution in [0, 0.1) is 11.6 Å². The maximum atomic E-state index is 13.3. The second kappa shape index (κ2) is 4.84. The van der Waals surface area contributed by atoms with Crippen LogP contribution in [-0.4, -0.2) is 9.97 Å². The van der Waals surface area contributed by atoms with E-state index in [1.54, 1.807) is 0 Å². The molecule has 0 aliphatic carbocycles. The molecule has 0 bridgehead atoms. The van der Waals surface area contributed by atoms with Gasteiger partial charge in [0.15, 0.2) is 11.6 Å². The summed E-state index contributed by atoms with van der Waals surface area (Å²) in [4.78, 5) is 7.81. The summed E-state index contributed by atoms with van der Waals surface area (Å²) in [5.74, 6) is -1.49. The fraction of sp³-hybridized carbons (Fsp3) is 0.0909. The van der Waals surface area contributed by atoms with Gasteiger partial charge < -0.3 is 10.5 Å². The summed E-state index contributed by atoms with van der Waals surface area (Å²) in [6.45, 7) is 0.117. The molecule has 4 nitrogen and oxygen atoms in total. The van der Waals surface area contributed by atoms with Gasteiger partial charge in [-0.1, -0.05) is 0 Å². The fourth-order valence-corrected chi connectivity index (χ4v) is 1.24. The molecule has 0 fully saturated rings. The molecule has 0 saturated heterocycles. The van der Waals surface area contributed by atoms with E-state index in [1.807, 2.05) is 0 Å². The molecule has 1 aromatic carbocycles. The number of nitrogens with zero attached hydrogens (tertiary/aromatic N) is 2. The highest BCUT2D eigenvalue weighted by molar-refractivity contribution is 5.30. The number of halogens is 2. The molecule has 2 N–H and O–H groups in total. The van der Waals surface area contributed by atoms with Crippen LogP contribution in [0.3, 0.4) is 0 Å². The Bertz CT molecular complexity index is 534. The van der Waals surface area contributed by atoms with Gasteiger partial charge in [-0.05, 0) is 12.1 Å². The molecule has 1 aromatic heterocycles. The molecule has 1 heterocycles. The maximum absolute atomic E-state index is 13.3. The van der Waals surface area contributed by atoms with Crippen LogP contribution in [0.1, 0.15) is 5.69 Å². The number of benzene rings is 1. The average Bonchev–Trinajstić information content (AvgIpc) is 2.33. The van der Waals surface area contributed by atoms with E-state index in [0.29, 0.717) is 5.69 Å². The first-order valence-corrected chi connectivity index (χ1v) is 4.83. The van der Waals surface area contributed by atoms with Gasteiger partial charge in [0.1, 0.15) is 11.5 Å². The van der Waals surface area contributed by atoms with E-state index in [2.05, 4.69) is 9.97 Å². The van der Waals surface area contributed by atoms with Crippen molar-refractivity contribution in [1.82, 2.24) is 9.97 Å². The second-order valence-corrected chi connectivity index (χ2v) is 3.19. The number of rotatable bonds is 3. The summed E-state index contributed by atoms with van der Waals surface area (Å²) >= 11 is 0. The molecule has 2 aromatic rings. The van der Waals surface area contributed by atoms with E-state index in [1.165, 1.54) is 18.5 Å². The van der Waals surface area contributed by atoms with E-state index in [-0.39, 0.29) is 18.2 Å². The highest BCUT2D eigenvalue weighted by Gasteiger charge is 2.10. The van der Waals surface area contributed by atoms with Crippen LogP contribution in [0.15, 0.2) is 30.6 Å². The Labute approximate surface area is 96.1 Å². The van der Waals surface area contributed by atoms with Gasteiger partial charge in [-0.3, -0.25) is 4.98 Å². The molecule has 6 heteroatoms. The number of hydrogen-bond donors (Lipinski definition) is 1. The van der Waals surface area contributed by atoms with Gasteiger partial charge >= 0.3 is 0 Å². The van der Waals surface area contributed by atoms with Crippen LogP contribution >= 0.6 is 0 Å². The molecule has 17 heavy (non-hydrogen) atoms. The first-order chi connectivity index (χ1) is 8.20. The molecule has 0 aliphatic rings. The Kier molecular flexibility index (Phi) is 3.24. The number of aromatic nitrogens is 2. The topological polar surface area (TPSA) is 61.0 Å². The molecule has 0 amide bonds. The Hall–Kier alpha value is -2.08. The van der Waals surface area contributed by atoms with Crippen molar-refractivity contribution >= 4 is 0 Å². The van der Waals surface area contributed by atoms with E-state index < -0.39 is 11.6 Å². The first-order valence-electron chi connectivity index (χ1n) is 4.83. The summed E-state index contributed by atoms with van der Waals surface area (Å²) in [6.07, 6.45) is 2.85. The lowest BCUT2D eigenvalue weighted by Crippen LogP contribution is -2.04. The molecular formula is C11H9F2N3O. The summed E-state index contributed by atoms with van der Waals surface area (Å²) < 4.78 is 31.2. The molecule has 0 aliphatic heterocycles. The minimum absolute atomic E-state index is 0.112. The van der Waals surface area contributed by atoms with E-state index in [9.17, 15) is 8.78 Å². The van der Waals surface area contributed by atoms with Crippen molar-refractivity contribution in [1.29, 1.82) is 0 Å². The average molecular weight is 237 g/mol. The van der Waals surface area contributed by atoms with Crippen molar-refractivity contribution in [3.05, 3.63) is 47.9 Å². The summed E-state index contributed by atoms with van der Waals surface area (Å²) in [6, 6.07) is 3.00. The summed E-state index contributed by atoms with van der Waals surface area (Å²) in [5.41, 5.74) is 5.83. The Morgan fingerprint density at radius 1 is 1.18 bits per heavy atom. The van der Waals surface area contributed by atoms with Crippen molar-refractivity contribution in [2.45, 2.75) is 6.54 Å². The number of hydrogen-bond acceptors (Lipinski definition) is 4. The zero-order valence-electron chi connectivity index (χ0n) is 8.73. The van der Waals surface area contributed by atoms with Gasteiger partial charge in [0, 0.05) is 25.0 Å². The Morgan fingerprint density at radius 3 is 2.65 bits per heavy atom. The van der Waals surface area contributed by atoms with Crippen LogP contribution < -0.4 is 10.5 Å². The molecule has 0 radical (unpaired) electrons. The van der Waals surface area contributed by atoms with Gasteiger partial charge in [-0.15, -0.1) is 0 Å². The van der Waals surface area contributed by atoms with Gasteiger partial charge in [-0.2, -0.15) is 0 Å². The smallest absolute Gasteiger partial charge is 0.242 e. The molecule has 0 saturated carbocycles. The van der Waals surface area contributed by atoms with Crippen LogP contribution in [0.5, 0.6) is 11.6 Å². The van der Waals surface area contributed by atoms with Gasteiger partial charge in [-0.25, -0.2) is 13.8 Å². The lowest BCUT2D eigenvalue weighted by Gasteiger charge is -2.08. The van der Waals surface area contributed by atoms with E-state index >= 15 is 0 Å².